The van der Waals surface area contributed by atoms with Crippen LogP contribution in [-0.4, -0.2) is 16.9 Å². The molecule has 3 aliphatic carbocycles. The first-order valence-electron chi connectivity index (χ1n) is 9.21. The Labute approximate surface area is 166 Å². The molecule has 0 radical (unpaired) electrons. The number of carbonyl (C=O) groups is 1. The average molecular weight is 406 g/mol. The van der Waals surface area contributed by atoms with Crippen LogP contribution >= 0.6 is 36.2 Å². The van der Waals surface area contributed by atoms with Gasteiger partial charge in [0.05, 0.1) is 12.2 Å². The molecule has 2 fully saturated rings. The lowest BCUT2D eigenvalue weighted by atomic mass is 9.65. The lowest BCUT2D eigenvalue weighted by Gasteiger charge is -2.43. The molecule has 142 valence electrons. The zero-order valence-electron chi connectivity index (χ0n) is 14.5. The zero-order chi connectivity index (χ0) is 15.8. The first-order chi connectivity index (χ1) is 11.2. The molecule has 7 heteroatoms. The minimum absolute atomic E-state index is 0. The van der Waals surface area contributed by atoms with E-state index in [1.165, 1.54) is 49.1 Å². The standard InChI is InChI=1S/C18H27N3OS.2ClH/c19-17-11-4-3-5-12(17)9-13(8-11)18(22)20-10-16-21-14-6-1-2-7-15(14)23-16;;/h11-13,17H,1-10,19H2,(H,20,22);2*1H. The van der Waals surface area contributed by atoms with E-state index in [9.17, 15) is 4.79 Å². The molecule has 0 aromatic carbocycles. The van der Waals surface area contributed by atoms with Crippen LogP contribution in [-0.2, 0) is 24.2 Å². The van der Waals surface area contributed by atoms with E-state index in [2.05, 4.69) is 5.32 Å². The minimum atomic E-state index is 0. The number of carbonyl (C=O) groups excluding carboxylic acids is 1. The maximum Gasteiger partial charge on any atom is 0.223 e. The van der Waals surface area contributed by atoms with Gasteiger partial charge in [0.25, 0.3) is 0 Å². The second kappa shape index (κ2) is 9.03. The van der Waals surface area contributed by atoms with Gasteiger partial charge in [-0.15, -0.1) is 36.2 Å². The number of aromatic nitrogens is 1. The number of nitrogens with two attached hydrogens (primary N) is 1. The van der Waals surface area contributed by atoms with Crippen molar-refractivity contribution in [1.82, 2.24) is 10.3 Å². The monoisotopic (exact) mass is 405 g/mol. The molecule has 1 aromatic heterocycles. The van der Waals surface area contributed by atoms with Crippen LogP contribution in [0.2, 0.25) is 0 Å². The summed E-state index contributed by atoms with van der Waals surface area (Å²) in [6.45, 7) is 0.606. The number of hydrogen-bond acceptors (Lipinski definition) is 4. The number of hydrogen-bond donors (Lipinski definition) is 2. The number of nitrogens with zero attached hydrogens (tertiary/aromatic N) is 1. The Morgan fingerprint density at radius 3 is 2.48 bits per heavy atom. The first kappa shape index (κ1) is 20.9. The van der Waals surface area contributed by atoms with Gasteiger partial charge in [-0.2, -0.15) is 0 Å². The Hall–Kier alpha value is -0.360. The number of rotatable bonds is 3. The van der Waals surface area contributed by atoms with Crippen molar-refractivity contribution in [1.29, 1.82) is 0 Å². The lowest BCUT2D eigenvalue weighted by Crippen LogP contribution is -2.49. The van der Waals surface area contributed by atoms with Crippen LogP contribution in [0.5, 0.6) is 0 Å². The van der Waals surface area contributed by atoms with Gasteiger partial charge in [-0.1, -0.05) is 6.42 Å². The number of aryl methyl sites for hydroxylation is 2. The van der Waals surface area contributed by atoms with Gasteiger partial charge in [0.2, 0.25) is 5.91 Å². The quantitative estimate of drug-likeness (QED) is 0.806. The number of halogens is 2. The highest BCUT2D eigenvalue weighted by Crippen LogP contribution is 2.41. The molecule has 0 saturated heterocycles. The highest BCUT2D eigenvalue weighted by atomic mass is 35.5. The minimum Gasteiger partial charge on any atom is -0.349 e. The molecule has 3 N–H and O–H groups in total. The second-order valence-corrected chi connectivity index (χ2v) is 8.77. The molecule has 2 unspecified atom stereocenters. The van der Waals surface area contributed by atoms with Gasteiger partial charge < -0.3 is 11.1 Å². The fraction of sp³-hybridized carbons (Fsp3) is 0.778. The third-order valence-electron chi connectivity index (χ3n) is 6.09. The van der Waals surface area contributed by atoms with Gasteiger partial charge in [0.15, 0.2) is 0 Å². The third kappa shape index (κ3) is 4.49. The molecule has 2 atom stereocenters. The van der Waals surface area contributed by atoms with E-state index in [4.69, 9.17) is 10.7 Å². The van der Waals surface area contributed by atoms with Crippen molar-refractivity contribution in [3.05, 3.63) is 15.6 Å². The highest BCUT2D eigenvalue weighted by Gasteiger charge is 2.40. The van der Waals surface area contributed by atoms with Crippen LogP contribution in [0.25, 0.3) is 0 Å². The molecule has 2 saturated carbocycles. The molecule has 1 amide bonds. The molecule has 3 aliphatic rings. The van der Waals surface area contributed by atoms with Crippen molar-refractivity contribution in [2.75, 3.05) is 0 Å². The maximum absolute atomic E-state index is 12.6. The summed E-state index contributed by atoms with van der Waals surface area (Å²) in [5.41, 5.74) is 7.61. The Balaban J connectivity index is 0.00000113. The molecule has 2 bridgehead atoms. The van der Waals surface area contributed by atoms with E-state index in [0.29, 0.717) is 24.4 Å². The van der Waals surface area contributed by atoms with Crippen LogP contribution in [0.15, 0.2) is 0 Å². The Bertz CT molecular complexity index is 557. The smallest absolute Gasteiger partial charge is 0.223 e. The molecular formula is C18H29Cl2N3OS. The van der Waals surface area contributed by atoms with Gasteiger partial charge in [-0.25, -0.2) is 4.98 Å². The molecular weight excluding hydrogens is 377 g/mol. The van der Waals surface area contributed by atoms with E-state index in [0.717, 1.165) is 24.3 Å². The zero-order valence-corrected chi connectivity index (χ0v) is 17.0. The molecule has 1 heterocycles. The maximum atomic E-state index is 12.6. The Morgan fingerprint density at radius 1 is 1.12 bits per heavy atom. The van der Waals surface area contributed by atoms with Crippen LogP contribution in [0.1, 0.15) is 60.5 Å². The third-order valence-corrected chi connectivity index (χ3v) is 7.25. The molecule has 25 heavy (non-hydrogen) atoms. The van der Waals surface area contributed by atoms with Crippen molar-refractivity contribution < 1.29 is 4.79 Å². The summed E-state index contributed by atoms with van der Waals surface area (Å²) in [5, 5.41) is 4.23. The summed E-state index contributed by atoms with van der Waals surface area (Å²) in [4.78, 5) is 18.7. The first-order valence-corrected chi connectivity index (χ1v) is 10.0. The normalized spacial score (nSPS) is 30.4. The summed E-state index contributed by atoms with van der Waals surface area (Å²) in [5.74, 6) is 1.51. The summed E-state index contributed by atoms with van der Waals surface area (Å²) in [6, 6.07) is 0.332. The van der Waals surface area contributed by atoms with Crippen LogP contribution in [0.3, 0.4) is 0 Å². The molecule has 4 nitrogen and oxygen atoms in total. The average Bonchev–Trinajstić information content (AvgIpc) is 2.95. The molecule has 0 spiro atoms. The van der Waals surface area contributed by atoms with E-state index in [-0.39, 0.29) is 36.6 Å². The summed E-state index contributed by atoms with van der Waals surface area (Å²) < 4.78 is 0. The topological polar surface area (TPSA) is 68.0 Å². The van der Waals surface area contributed by atoms with E-state index >= 15 is 0 Å². The van der Waals surface area contributed by atoms with Crippen LogP contribution < -0.4 is 11.1 Å². The fourth-order valence-corrected chi connectivity index (χ4v) is 5.89. The number of thiazole rings is 1. The van der Waals surface area contributed by atoms with Crippen molar-refractivity contribution in [2.24, 2.45) is 23.5 Å². The Morgan fingerprint density at radius 2 is 1.80 bits per heavy atom. The predicted molar refractivity (Wildman–Crippen MR) is 107 cm³/mol. The van der Waals surface area contributed by atoms with Crippen LogP contribution in [0.4, 0.5) is 0 Å². The largest absolute Gasteiger partial charge is 0.349 e. The lowest BCUT2D eigenvalue weighted by molar-refractivity contribution is -0.128. The van der Waals surface area contributed by atoms with Gasteiger partial charge >= 0.3 is 0 Å². The second-order valence-electron chi connectivity index (χ2n) is 7.60. The van der Waals surface area contributed by atoms with Crippen molar-refractivity contribution >= 4 is 42.1 Å². The van der Waals surface area contributed by atoms with Crippen LogP contribution in [0, 0.1) is 17.8 Å². The highest BCUT2D eigenvalue weighted by molar-refractivity contribution is 7.11. The fourth-order valence-electron chi connectivity index (χ4n) is 4.79. The van der Waals surface area contributed by atoms with Gasteiger partial charge in [-0.3, -0.25) is 4.79 Å². The van der Waals surface area contributed by atoms with Gasteiger partial charge in [0, 0.05) is 16.8 Å². The predicted octanol–water partition coefficient (Wildman–Crippen LogP) is 3.64. The number of amides is 1. The SMILES string of the molecule is Cl.Cl.NC1C2CCCC1CC(C(=O)NCc1nc3c(s1)CCCC3)C2. The van der Waals surface area contributed by atoms with Crippen molar-refractivity contribution in [3.8, 4) is 0 Å². The molecule has 4 rings (SSSR count). The van der Waals surface area contributed by atoms with Gasteiger partial charge in [-0.05, 0) is 63.2 Å². The van der Waals surface area contributed by atoms with E-state index < -0.39 is 0 Å². The van der Waals surface area contributed by atoms with Crippen molar-refractivity contribution in [2.45, 2.75) is 70.4 Å². The summed E-state index contributed by atoms with van der Waals surface area (Å²) in [7, 11) is 0. The molecule has 1 aromatic rings. The molecule has 0 aliphatic heterocycles. The van der Waals surface area contributed by atoms with E-state index in [1.54, 1.807) is 11.3 Å². The summed E-state index contributed by atoms with van der Waals surface area (Å²) >= 11 is 1.80. The number of nitrogens with one attached hydrogen (secondary N) is 1. The van der Waals surface area contributed by atoms with E-state index in [1.807, 2.05) is 0 Å². The van der Waals surface area contributed by atoms with Gasteiger partial charge in [0.1, 0.15) is 5.01 Å². The Kier molecular flexibility index (Phi) is 7.56. The summed E-state index contributed by atoms with van der Waals surface area (Å²) in [6.07, 6.45) is 10.5. The number of fused-ring (bicyclic) bond motifs is 3. The van der Waals surface area contributed by atoms with Crippen molar-refractivity contribution in [3.63, 3.8) is 0 Å².